The molecule has 18 heavy (non-hydrogen) atoms. The third-order valence-corrected chi connectivity index (χ3v) is 3.44. The van der Waals surface area contributed by atoms with Crippen LogP contribution < -0.4 is 11.1 Å². The number of amides is 1. The van der Waals surface area contributed by atoms with E-state index in [1.165, 1.54) is 5.56 Å². The van der Waals surface area contributed by atoms with Crippen molar-refractivity contribution < 1.29 is 4.79 Å². The molecule has 1 rings (SSSR count). The van der Waals surface area contributed by atoms with Crippen molar-refractivity contribution in [2.75, 3.05) is 6.54 Å². The van der Waals surface area contributed by atoms with Crippen LogP contribution in [-0.2, 0) is 11.2 Å². The largest absolute Gasteiger partial charge is 0.351 e. The van der Waals surface area contributed by atoms with E-state index < -0.39 is 0 Å². The van der Waals surface area contributed by atoms with Gasteiger partial charge in [0.05, 0.1) is 0 Å². The zero-order valence-corrected chi connectivity index (χ0v) is 11.6. The van der Waals surface area contributed by atoms with Crippen molar-refractivity contribution in [2.24, 2.45) is 11.1 Å². The lowest BCUT2D eigenvalue weighted by molar-refractivity contribution is -0.130. The van der Waals surface area contributed by atoms with Gasteiger partial charge in [0.1, 0.15) is 0 Å². The van der Waals surface area contributed by atoms with E-state index >= 15 is 0 Å². The number of hydrogen-bond donors (Lipinski definition) is 2. The summed E-state index contributed by atoms with van der Waals surface area (Å²) in [6, 6.07) is 10.1. The molecule has 3 heteroatoms. The monoisotopic (exact) mass is 248 g/mol. The van der Waals surface area contributed by atoms with E-state index in [4.69, 9.17) is 5.73 Å². The van der Waals surface area contributed by atoms with Crippen molar-refractivity contribution in [2.45, 2.75) is 39.7 Å². The number of nitrogens with two attached hydrogens (primary N) is 1. The first kappa shape index (κ1) is 14.7. The Kier molecular flexibility index (Phi) is 5.35. The van der Waals surface area contributed by atoms with Crippen LogP contribution in [0.1, 0.15) is 32.8 Å². The summed E-state index contributed by atoms with van der Waals surface area (Å²) in [4.78, 5) is 12.1. The molecule has 0 aromatic heterocycles. The van der Waals surface area contributed by atoms with E-state index in [-0.39, 0.29) is 17.4 Å². The molecule has 1 atom stereocenters. The number of carbonyl (C=O) groups excluding carboxylic acids is 1. The molecule has 0 saturated heterocycles. The summed E-state index contributed by atoms with van der Waals surface area (Å²) in [5.41, 5.74) is 6.61. The van der Waals surface area contributed by atoms with Crippen molar-refractivity contribution in [3.8, 4) is 0 Å². The lowest BCUT2D eigenvalue weighted by atomic mass is 9.88. The Bertz CT molecular complexity index is 373. The smallest absolute Gasteiger partial charge is 0.225 e. The second kappa shape index (κ2) is 6.55. The van der Waals surface area contributed by atoms with Gasteiger partial charge in [-0.25, -0.2) is 0 Å². The summed E-state index contributed by atoms with van der Waals surface area (Å²) in [5, 5.41) is 3.04. The minimum absolute atomic E-state index is 0.00530. The standard InChI is InChI=1S/C15H24N2O/c1-4-15(2,3)14(18)17-13(11-16)10-12-8-6-5-7-9-12/h5-9,13H,4,10-11,16H2,1-3H3,(H,17,18). The summed E-state index contributed by atoms with van der Waals surface area (Å²) in [6.45, 7) is 6.39. The molecule has 1 aromatic rings. The van der Waals surface area contributed by atoms with Crippen LogP contribution in [0.5, 0.6) is 0 Å². The van der Waals surface area contributed by atoms with E-state index in [1.807, 2.05) is 39.0 Å². The van der Waals surface area contributed by atoms with E-state index in [0.29, 0.717) is 6.54 Å². The maximum atomic E-state index is 12.1. The molecule has 1 unspecified atom stereocenters. The van der Waals surface area contributed by atoms with Crippen molar-refractivity contribution in [3.63, 3.8) is 0 Å². The molecule has 3 nitrogen and oxygen atoms in total. The van der Waals surface area contributed by atoms with E-state index in [9.17, 15) is 4.79 Å². The molecule has 0 aliphatic carbocycles. The Morgan fingerprint density at radius 3 is 2.44 bits per heavy atom. The van der Waals surface area contributed by atoms with Crippen LogP contribution in [0.15, 0.2) is 30.3 Å². The molecule has 0 fully saturated rings. The van der Waals surface area contributed by atoms with Gasteiger partial charge >= 0.3 is 0 Å². The number of hydrogen-bond acceptors (Lipinski definition) is 2. The number of nitrogens with one attached hydrogen (secondary N) is 1. The van der Waals surface area contributed by atoms with Gasteiger partial charge in [0.25, 0.3) is 0 Å². The van der Waals surface area contributed by atoms with Crippen molar-refractivity contribution >= 4 is 5.91 Å². The zero-order chi connectivity index (χ0) is 13.6. The summed E-state index contributed by atoms with van der Waals surface area (Å²) in [6.07, 6.45) is 1.60. The molecule has 1 amide bonds. The first-order valence-corrected chi connectivity index (χ1v) is 6.54. The summed E-state index contributed by atoms with van der Waals surface area (Å²) in [7, 11) is 0. The van der Waals surface area contributed by atoms with Gasteiger partial charge in [-0.3, -0.25) is 4.79 Å². The molecule has 0 spiro atoms. The molecule has 100 valence electrons. The van der Waals surface area contributed by atoms with Gasteiger partial charge in [0.2, 0.25) is 5.91 Å². The molecule has 0 aliphatic heterocycles. The predicted octanol–water partition coefficient (Wildman–Crippen LogP) is 2.11. The molecule has 0 radical (unpaired) electrons. The van der Waals surface area contributed by atoms with Crippen LogP contribution in [0.4, 0.5) is 0 Å². The van der Waals surface area contributed by atoms with Gasteiger partial charge in [-0.05, 0) is 18.4 Å². The lowest BCUT2D eigenvalue weighted by Crippen LogP contribution is -2.47. The molecular weight excluding hydrogens is 224 g/mol. The van der Waals surface area contributed by atoms with Crippen LogP contribution in [0, 0.1) is 5.41 Å². The van der Waals surface area contributed by atoms with Gasteiger partial charge in [-0.1, -0.05) is 51.1 Å². The molecule has 0 heterocycles. The SMILES string of the molecule is CCC(C)(C)C(=O)NC(CN)Cc1ccccc1. The molecule has 0 bridgehead atoms. The minimum Gasteiger partial charge on any atom is -0.351 e. The van der Waals surface area contributed by atoms with Gasteiger partial charge < -0.3 is 11.1 Å². The molecule has 1 aromatic carbocycles. The maximum absolute atomic E-state index is 12.1. The van der Waals surface area contributed by atoms with Gasteiger partial charge in [0.15, 0.2) is 0 Å². The fraction of sp³-hybridized carbons (Fsp3) is 0.533. The van der Waals surface area contributed by atoms with Crippen LogP contribution in [-0.4, -0.2) is 18.5 Å². The second-order valence-corrected chi connectivity index (χ2v) is 5.33. The van der Waals surface area contributed by atoms with E-state index in [0.717, 1.165) is 12.8 Å². The highest BCUT2D eigenvalue weighted by atomic mass is 16.2. The maximum Gasteiger partial charge on any atom is 0.225 e. The molecule has 0 aliphatic rings. The van der Waals surface area contributed by atoms with Crippen LogP contribution in [0.25, 0.3) is 0 Å². The lowest BCUT2D eigenvalue weighted by Gasteiger charge is -2.25. The average molecular weight is 248 g/mol. The van der Waals surface area contributed by atoms with Gasteiger partial charge in [-0.2, -0.15) is 0 Å². The zero-order valence-electron chi connectivity index (χ0n) is 11.6. The van der Waals surface area contributed by atoms with Crippen LogP contribution in [0.2, 0.25) is 0 Å². The molecule has 0 saturated carbocycles. The van der Waals surface area contributed by atoms with Crippen LogP contribution in [0.3, 0.4) is 0 Å². The summed E-state index contributed by atoms with van der Waals surface area (Å²) >= 11 is 0. The highest BCUT2D eigenvalue weighted by Crippen LogP contribution is 2.19. The third-order valence-electron chi connectivity index (χ3n) is 3.44. The number of carbonyl (C=O) groups is 1. The Labute approximate surface area is 110 Å². The first-order chi connectivity index (χ1) is 8.49. The summed E-state index contributed by atoms with van der Waals surface area (Å²) in [5.74, 6) is 0.0800. The third kappa shape index (κ3) is 4.15. The summed E-state index contributed by atoms with van der Waals surface area (Å²) < 4.78 is 0. The Hall–Kier alpha value is -1.35. The predicted molar refractivity (Wildman–Crippen MR) is 75.2 cm³/mol. The average Bonchev–Trinajstić information content (AvgIpc) is 2.38. The fourth-order valence-corrected chi connectivity index (χ4v) is 1.63. The number of rotatable bonds is 6. The van der Waals surface area contributed by atoms with Gasteiger partial charge in [0, 0.05) is 18.0 Å². The highest BCUT2D eigenvalue weighted by molar-refractivity contribution is 5.82. The topological polar surface area (TPSA) is 55.1 Å². The van der Waals surface area contributed by atoms with E-state index in [1.54, 1.807) is 0 Å². The Morgan fingerprint density at radius 2 is 1.94 bits per heavy atom. The van der Waals surface area contributed by atoms with Crippen molar-refractivity contribution in [1.29, 1.82) is 0 Å². The Morgan fingerprint density at radius 1 is 1.33 bits per heavy atom. The fourth-order valence-electron chi connectivity index (χ4n) is 1.63. The molecule has 3 N–H and O–H groups in total. The van der Waals surface area contributed by atoms with Gasteiger partial charge in [-0.15, -0.1) is 0 Å². The Balaban J connectivity index is 2.60. The number of benzene rings is 1. The quantitative estimate of drug-likeness (QED) is 0.810. The second-order valence-electron chi connectivity index (χ2n) is 5.33. The normalized spacial score (nSPS) is 13.1. The molecular formula is C15H24N2O. The van der Waals surface area contributed by atoms with Crippen LogP contribution >= 0.6 is 0 Å². The van der Waals surface area contributed by atoms with Crippen molar-refractivity contribution in [3.05, 3.63) is 35.9 Å². The highest BCUT2D eigenvalue weighted by Gasteiger charge is 2.26. The van der Waals surface area contributed by atoms with E-state index in [2.05, 4.69) is 17.4 Å². The first-order valence-electron chi connectivity index (χ1n) is 6.54. The minimum atomic E-state index is -0.329. The van der Waals surface area contributed by atoms with Crippen molar-refractivity contribution in [1.82, 2.24) is 5.32 Å².